The van der Waals surface area contributed by atoms with Crippen molar-refractivity contribution >= 4 is 59.7 Å². The van der Waals surface area contributed by atoms with Gasteiger partial charge in [0.2, 0.25) is 0 Å². The lowest BCUT2D eigenvalue weighted by molar-refractivity contribution is -0.152. The van der Waals surface area contributed by atoms with Crippen molar-refractivity contribution in [2.24, 2.45) is 54.1 Å². The molecule has 30 nitrogen and oxygen atoms in total. The van der Waals surface area contributed by atoms with Gasteiger partial charge in [0.1, 0.15) is 112 Å². The third-order valence-electron chi connectivity index (χ3n) is 30.7. The van der Waals surface area contributed by atoms with Gasteiger partial charge >= 0.3 is 59.7 Å². The van der Waals surface area contributed by atoms with Gasteiger partial charge in [-0.1, -0.05) is 59.2 Å². The van der Waals surface area contributed by atoms with E-state index in [1.165, 1.54) is 71.1 Å². The SMILES string of the molecule is CCOC(=O)C12C#CC#CC3(C(=O)OCC)Cc4c(c(OC)c5c(c4OC)CC(C(=O)OCC)(C#CC#CC4(C(=O)OCC)Cc6c(c(OC)c7c(c6OC)CC(C(=O)OCC)(C#CC#CC6(C(=O)OCC)Cc8c(c(OC)c9c(c8OC)CC(C(=O)OCC)(C#CC#CC8(C(=O)OCC)Cc%10c(c(OC)c%11c(c%10OC)CC(C(=O)OCC)(C#CC#CC%10(C(=O)OCC)Cc%12c(c(OC)c(c(c%12OC)C1)C2)C%10)C%11)C8)C9)C6)C7)C4)C5)C3. The minimum atomic E-state index is -1.63. The summed E-state index contributed by atoms with van der Waals surface area (Å²) in [5, 5.41) is 0. The summed E-state index contributed by atoms with van der Waals surface area (Å²) in [4.78, 5) is 149. The van der Waals surface area contributed by atoms with Gasteiger partial charge in [0.05, 0.1) is 137 Å². The van der Waals surface area contributed by atoms with Crippen molar-refractivity contribution in [3.8, 4) is 176 Å². The molecule has 5 aromatic rings. The first-order valence-corrected chi connectivity index (χ1v) is 50.6. The molecule has 0 N–H and O–H groups in total. The second kappa shape index (κ2) is 42.6. The quantitative estimate of drug-likeness (QED) is 0.0234. The first-order chi connectivity index (χ1) is 72.2. The molecular weight excluding hydrogens is 1920 g/mol. The number of carbonyl (C=O) groups excluding carboxylic acids is 10. The summed E-state index contributed by atoms with van der Waals surface area (Å²) >= 11 is 0. The van der Waals surface area contributed by atoms with Crippen molar-refractivity contribution in [1.29, 1.82) is 0 Å². The van der Waals surface area contributed by atoms with E-state index in [2.05, 4.69) is 118 Å². The van der Waals surface area contributed by atoms with Crippen LogP contribution in [0.3, 0.4) is 0 Å². The minimum absolute atomic E-state index is 0.0217. The second-order valence-corrected chi connectivity index (χ2v) is 39.0. The lowest BCUT2D eigenvalue weighted by atomic mass is 9.83. The zero-order valence-electron chi connectivity index (χ0n) is 88.5. The maximum absolute atomic E-state index is 14.9. The molecule has 0 fully saturated rings. The van der Waals surface area contributed by atoms with E-state index in [0.29, 0.717) is 169 Å². The molecule has 0 spiro atoms. The van der Waals surface area contributed by atoms with Crippen molar-refractivity contribution in [2.45, 2.75) is 198 Å². The number of hydrogen-bond acceptors (Lipinski definition) is 30. The van der Waals surface area contributed by atoms with Crippen LogP contribution in [0.2, 0.25) is 0 Å². The monoisotopic (exact) mass is 2040 g/mol. The molecule has 0 saturated heterocycles. The van der Waals surface area contributed by atoms with Crippen molar-refractivity contribution in [3.05, 3.63) is 111 Å². The van der Waals surface area contributed by atoms with Gasteiger partial charge in [-0.3, -0.25) is 47.9 Å². The predicted octanol–water partition coefficient (Wildman–Crippen LogP) is 10.1. The molecule has 0 heterocycles. The fourth-order valence-corrected chi connectivity index (χ4v) is 24.5. The molecule has 30 bridgehead atoms. The molecule has 0 aromatic heterocycles. The molecule has 150 heavy (non-hydrogen) atoms. The molecule has 0 amide bonds. The first kappa shape index (κ1) is 107. The van der Waals surface area contributed by atoms with Crippen LogP contribution in [0.25, 0.3) is 0 Å². The Morgan fingerprint density at radius 3 is 0.267 bits per heavy atom. The van der Waals surface area contributed by atoms with E-state index in [9.17, 15) is 47.9 Å². The zero-order chi connectivity index (χ0) is 108. The predicted molar refractivity (Wildman–Crippen MR) is 540 cm³/mol. The fraction of sp³-hybridized carbons (Fsp3) is 0.500. The average molecular weight is 2040 g/mol. The van der Waals surface area contributed by atoms with E-state index in [-0.39, 0.29) is 194 Å². The molecule has 5 aromatic carbocycles. The highest BCUT2D eigenvalue weighted by Crippen LogP contribution is 2.63. The molecule has 0 aliphatic heterocycles. The van der Waals surface area contributed by atoms with Crippen LogP contribution in [-0.4, -0.2) is 197 Å². The van der Waals surface area contributed by atoms with Gasteiger partial charge in [-0.15, -0.1) is 0 Å². The minimum Gasteiger partial charge on any atom is -0.496 e. The molecule has 780 valence electrons. The third kappa shape index (κ3) is 17.7. The average Bonchev–Trinajstić information content (AvgIpc) is 1.57. The van der Waals surface area contributed by atoms with Crippen LogP contribution in [0.15, 0.2) is 0 Å². The van der Waals surface area contributed by atoms with Crippen LogP contribution < -0.4 is 47.4 Å². The number of rotatable bonds is 30. The van der Waals surface area contributed by atoms with Gasteiger partial charge in [0, 0.05) is 240 Å². The maximum atomic E-state index is 14.9. The van der Waals surface area contributed by atoms with Gasteiger partial charge in [0.15, 0.2) is 0 Å². The number of ether oxygens (including phenoxy) is 20. The molecule has 0 saturated carbocycles. The van der Waals surface area contributed by atoms with Crippen LogP contribution in [0.1, 0.15) is 181 Å². The second-order valence-electron chi connectivity index (χ2n) is 39.0. The Kier molecular flexibility index (Phi) is 30.4. The van der Waals surface area contributed by atoms with E-state index < -0.39 is 114 Å². The molecular formula is C120H120O30. The summed E-state index contributed by atoms with van der Waals surface area (Å²) in [6.07, 6.45) is -1.66. The Balaban J connectivity index is 0.834. The molecule has 0 atom stereocenters. The molecule has 0 radical (unpaired) electrons. The highest BCUT2D eigenvalue weighted by Gasteiger charge is 2.61. The number of carbonyl (C=O) groups is 10. The summed E-state index contributed by atoms with van der Waals surface area (Å²) in [5.74, 6) is 58.6. The summed E-state index contributed by atoms with van der Waals surface area (Å²) in [6, 6.07) is 0. The largest absolute Gasteiger partial charge is 0.496 e. The van der Waals surface area contributed by atoms with Crippen LogP contribution in [0.5, 0.6) is 57.5 Å². The summed E-state index contributed by atoms with van der Waals surface area (Å²) in [7, 11) is 14.8. The molecule has 30 heteroatoms. The Bertz CT molecular complexity index is 5680. The van der Waals surface area contributed by atoms with Crippen molar-refractivity contribution in [1.82, 2.24) is 0 Å². The van der Waals surface area contributed by atoms with E-state index in [1.807, 2.05) is 0 Å². The zero-order valence-corrected chi connectivity index (χ0v) is 88.5. The number of esters is 10. The van der Waals surface area contributed by atoms with E-state index in [0.717, 1.165) is 0 Å². The highest BCUT2D eigenvalue weighted by molar-refractivity contribution is 5.95. The molecule has 16 aliphatic rings. The Hall–Kier alpha value is -15.6. The van der Waals surface area contributed by atoms with Crippen LogP contribution in [0, 0.1) is 173 Å². The van der Waals surface area contributed by atoms with Gasteiger partial charge in [-0.25, -0.2) is 0 Å². The fourth-order valence-electron chi connectivity index (χ4n) is 24.5. The van der Waals surface area contributed by atoms with E-state index in [1.54, 1.807) is 69.2 Å². The van der Waals surface area contributed by atoms with E-state index >= 15 is 0 Å². The Morgan fingerprint density at radius 2 is 0.213 bits per heavy atom. The lowest BCUT2D eigenvalue weighted by Crippen LogP contribution is -2.33. The third-order valence-corrected chi connectivity index (χ3v) is 30.7. The maximum Gasteiger partial charge on any atom is 0.324 e. The smallest absolute Gasteiger partial charge is 0.324 e. The van der Waals surface area contributed by atoms with Crippen LogP contribution >= 0.6 is 0 Å². The summed E-state index contributed by atoms with van der Waals surface area (Å²) < 4.78 is 122. The standard InChI is InChI=1S/C120H120O30/c1-21-141-101(121)111-41-31-32-42-112(102(122)142-22-2)55-75-76(56-112)94(134-14)78-58-115(105(125)145-25-5,57-77(78)93(75)133-13)45-35-36-46-116(106(126)146-26-6)63-83-84(64-116)98(138-18)86-66-119(109(129)149-29-9,65-85(86)97(83)137-17)49-39-40-50-120(110(130)150-30-10)69-89-90(70-120)100(140-20)88-68-118(108(128)148-28-8,67-87(88)99(89)139-19)48-38-37-47-117(107(127)147-27-7)61-81-82(62-117)96(136-16)80-60-114(104(124)144-24-4,59-79(80)95(81)135-15)44-34-33-43-113(103(123)143-23-3)53-73-74(54-113)92(132-12)72(52-111)71(51-111)91(73)131-11/h21-30,51-70H2,1-20H3. The molecule has 16 aliphatic carbocycles. The summed E-state index contributed by atoms with van der Waals surface area (Å²) in [6.45, 7) is 16.5. The van der Waals surface area contributed by atoms with Gasteiger partial charge in [0.25, 0.3) is 0 Å². The van der Waals surface area contributed by atoms with Crippen LogP contribution in [0.4, 0.5) is 0 Å². The first-order valence-electron chi connectivity index (χ1n) is 50.6. The number of methoxy groups -OCH3 is 10. The molecule has 0 unspecified atom stereocenters. The Labute approximate surface area is 873 Å². The topological polar surface area (TPSA) is 355 Å². The number of hydrogen-bond donors (Lipinski definition) is 0. The lowest BCUT2D eigenvalue weighted by Gasteiger charge is -2.21. The van der Waals surface area contributed by atoms with Crippen molar-refractivity contribution in [3.63, 3.8) is 0 Å². The number of benzene rings is 5. The van der Waals surface area contributed by atoms with Crippen molar-refractivity contribution < 1.29 is 143 Å². The van der Waals surface area contributed by atoms with Gasteiger partial charge < -0.3 is 94.7 Å². The normalized spacial score (nSPS) is 24.3. The Morgan fingerprint density at radius 1 is 0.147 bits per heavy atom. The van der Waals surface area contributed by atoms with Crippen LogP contribution in [-0.2, 0) is 224 Å². The van der Waals surface area contributed by atoms with Gasteiger partial charge in [-0.2, -0.15) is 0 Å². The summed E-state index contributed by atoms with van der Waals surface area (Å²) in [5.41, 5.74) is -5.41. The van der Waals surface area contributed by atoms with E-state index in [4.69, 9.17) is 94.7 Å². The van der Waals surface area contributed by atoms with Gasteiger partial charge in [-0.05, 0) is 128 Å². The van der Waals surface area contributed by atoms with Crippen molar-refractivity contribution in [2.75, 3.05) is 137 Å². The highest BCUT2D eigenvalue weighted by atomic mass is 16.6. The molecule has 21 rings (SSSR count).